The highest BCUT2D eigenvalue weighted by atomic mass is 79.9. The third-order valence-electron chi connectivity index (χ3n) is 2.70. The quantitative estimate of drug-likeness (QED) is 0.887. The number of halogens is 1. The van der Waals surface area contributed by atoms with Crippen LogP contribution in [-0.4, -0.2) is 23.3 Å². The number of carbonyl (C=O) groups is 1. The molecule has 0 aliphatic heterocycles. The summed E-state index contributed by atoms with van der Waals surface area (Å²) in [5.41, 5.74) is 3.06. The lowest BCUT2D eigenvalue weighted by atomic mass is 10.1. The molecule has 94 valence electrons. The van der Waals surface area contributed by atoms with Crippen molar-refractivity contribution in [1.29, 1.82) is 0 Å². The van der Waals surface area contributed by atoms with Crippen LogP contribution in [-0.2, 0) is 11.2 Å². The molecule has 2 aromatic rings. The molecule has 0 unspecified atom stereocenters. The summed E-state index contributed by atoms with van der Waals surface area (Å²) in [7, 11) is 1.37. The molecular formula is C13H13BrN2O2. The molecule has 5 heteroatoms. The molecule has 0 aliphatic carbocycles. The Labute approximate surface area is 113 Å². The van der Waals surface area contributed by atoms with E-state index >= 15 is 0 Å². The largest absolute Gasteiger partial charge is 0.465 e. The first kappa shape index (κ1) is 12.8. The van der Waals surface area contributed by atoms with E-state index in [1.807, 2.05) is 31.2 Å². The summed E-state index contributed by atoms with van der Waals surface area (Å²) in [5, 5.41) is 6.99. The van der Waals surface area contributed by atoms with Gasteiger partial charge in [-0.15, -0.1) is 0 Å². The van der Waals surface area contributed by atoms with Crippen LogP contribution in [0.4, 0.5) is 0 Å². The lowest BCUT2D eigenvalue weighted by Crippen LogP contribution is -2.06. The second kappa shape index (κ2) is 5.35. The molecule has 0 aliphatic rings. The van der Waals surface area contributed by atoms with Gasteiger partial charge in [0.1, 0.15) is 5.56 Å². The maximum Gasteiger partial charge on any atom is 0.341 e. The number of carbonyl (C=O) groups excluding carboxylic acids is 1. The topological polar surface area (TPSA) is 55.0 Å². The Bertz CT molecular complexity index is 561. The molecule has 0 saturated carbocycles. The minimum atomic E-state index is -0.353. The highest BCUT2D eigenvalue weighted by Crippen LogP contribution is 2.18. The molecule has 0 spiro atoms. The van der Waals surface area contributed by atoms with Crippen LogP contribution in [0.3, 0.4) is 0 Å². The average Bonchev–Trinajstić information content (AvgIpc) is 2.72. The minimum Gasteiger partial charge on any atom is -0.465 e. The first-order valence-corrected chi connectivity index (χ1v) is 6.27. The zero-order valence-corrected chi connectivity index (χ0v) is 11.7. The number of nitrogens with zero attached hydrogens (tertiary/aromatic N) is 1. The number of benzene rings is 1. The van der Waals surface area contributed by atoms with E-state index in [4.69, 9.17) is 4.74 Å². The van der Waals surface area contributed by atoms with Gasteiger partial charge in [-0.2, -0.15) is 5.10 Å². The molecule has 0 bridgehead atoms. The second-order valence-corrected chi connectivity index (χ2v) is 4.88. The number of aromatic amines is 1. The fourth-order valence-electron chi connectivity index (χ4n) is 1.78. The standard InChI is InChI=1S/C13H13BrN2O2/c1-8-12(13(17)18-2)11(16-15-8)7-9-3-5-10(14)6-4-9/h3-6H,7H2,1-2H3,(H,15,16). The summed E-state index contributed by atoms with van der Waals surface area (Å²) < 4.78 is 5.79. The van der Waals surface area contributed by atoms with Crippen molar-refractivity contribution in [3.63, 3.8) is 0 Å². The van der Waals surface area contributed by atoms with Crippen LogP contribution in [0.5, 0.6) is 0 Å². The van der Waals surface area contributed by atoms with Crippen LogP contribution in [0.25, 0.3) is 0 Å². The van der Waals surface area contributed by atoms with Gasteiger partial charge in [-0.05, 0) is 24.6 Å². The Balaban J connectivity index is 2.29. The van der Waals surface area contributed by atoms with Gasteiger partial charge in [0.05, 0.1) is 12.8 Å². The maximum absolute atomic E-state index is 11.7. The Morgan fingerprint density at radius 3 is 2.67 bits per heavy atom. The van der Waals surface area contributed by atoms with Crippen molar-refractivity contribution in [2.75, 3.05) is 7.11 Å². The highest BCUT2D eigenvalue weighted by Gasteiger charge is 2.18. The molecule has 1 aromatic carbocycles. The first-order chi connectivity index (χ1) is 8.61. The molecule has 0 radical (unpaired) electrons. The van der Waals surface area contributed by atoms with E-state index in [1.165, 1.54) is 7.11 Å². The number of aryl methyl sites for hydroxylation is 1. The normalized spacial score (nSPS) is 10.4. The third kappa shape index (κ3) is 2.61. The predicted molar refractivity (Wildman–Crippen MR) is 71.6 cm³/mol. The molecule has 2 rings (SSSR count). The number of hydrogen-bond donors (Lipinski definition) is 1. The minimum absolute atomic E-state index is 0.353. The molecule has 1 heterocycles. The first-order valence-electron chi connectivity index (χ1n) is 5.48. The number of H-pyrrole nitrogens is 1. The van der Waals surface area contributed by atoms with Crippen molar-refractivity contribution in [3.05, 3.63) is 51.3 Å². The third-order valence-corrected chi connectivity index (χ3v) is 3.23. The fourth-order valence-corrected chi connectivity index (χ4v) is 2.04. The molecule has 1 N–H and O–H groups in total. The molecule has 0 atom stereocenters. The van der Waals surface area contributed by atoms with Crippen LogP contribution in [0.1, 0.15) is 27.3 Å². The summed E-state index contributed by atoms with van der Waals surface area (Å²) in [6, 6.07) is 7.92. The number of nitrogens with one attached hydrogen (secondary N) is 1. The smallest absolute Gasteiger partial charge is 0.341 e. The number of esters is 1. The number of ether oxygens (including phenoxy) is 1. The second-order valence-electron chi connectivity index (χ2n) is 3.97. The lowest BCUT2D eigenvalue weighted by Gasteiger charge is -2.02. The number of rotatable bonds is 3. The molecular weight excluding hydrogens is 296 g/mol. The van der Waals surface area contributed by atoms with Gasteiger partial charge in [0.2, 0.25) is 0 Å². The Hall–Kier alpha value is -1.62. The van der Waals surface area contributed by atoms with Crippen LogP contribution >= 0.6 is 15.9 Å². The summed E-state index contributed by atoms with van der Waals surface area (Å²) in [6.07, 6.45) is 0.599. The van der Waals surface area contributed by atoms with Crippen molar-refractivity contribution < 1.29 is 9.53 Å². The summed E-state index contributed by atoms with van der Waals surface area (Å²) in [5.74, 6) is -0.353. The molecule has 0 saturated heterocycles. The van der Waals surface area contributed by atoms with Crippen molar-refractivity contribution in [1.82, 2.24) is 10.2 Å². The number of methoxy groups -OCH3 is 1. The predicted octanol–water partition coefficient (Wildman–Crippen LogP) is 2.86. The van der Waals surface area contributed by atoms with E-state index in [0.29, 0.717) is 17.7 Å². The molecule has 4 nitrogen and oxygen atoms in total. The zero-order chi connectivity index (χ0) is 13.1. The molecule has 18 heavy (non-hydrogen) atoms. The molecule has 1 aromatic heterocycles. The van der Waals surface area contributed by atoms with Crippen LogP contribution in [0.15, 0.2) is 28.7 Å². The van der Waals surface area contributed by atoms with Gasteiger partial charge in [-0.3, -0.25) is 5.10 Å². The van der Waals surface area contributed by atoms with E-state index in [1.54, 1.807) is 0 Å². The summed E-state index contributed by atoms with van der Waals surface area (Å²) >= 11 is 3.39. The zero-order valence-electron chi connectivity index (χ0n) is 10.2. The van der Waals surface area contributed by atoms with E-state index in [9.17, 15) is 4.79 Å². The number of aromatic nitrogens is 2. The molecule has 0 fully saturated rings. The van der Waals surface area contributed by atoms with Gasteiger partial charge < -0.3 is 4.74 Å². The summed E-state index contributed by atoms with van der Waals surface area (Å²) in [6.45, 7) is 1.81. The van der Waals surface area contributed by atoms with Gasteiger partial charge in [0.15, 0.2) is 0 Å². The van der Waals surface area contributed by atoms with Crippen LogP contribution < -0.4 is 0 Å². The molecule has 0 amide bonds. The van der Waals surface area contributed by atoms with Gasteiger partial charge in [0.25, 0.3) is 0 Å². The number of hydrogen-bond acceptors (Lipinski definition) is 3. The Morgan fingerprint density at radius 2 is 2.06 bits per heavy atom. The van der Waals surface area contributed by atoms with E-state index in [2.05, 4.69) is 26.1 Å². The lowest BCUT2D eigenvalue weighted by molar-refractivity contribution is 0.0599. The van der Waals surface area contributed by atoms with Crippen molar-refractivity contribution in [2.24, 2.45) is 0 Å². The van der Waals surface area contributed by atoms with Gasteiger partial charge >= 0.3 is 5.97 Å². The van der Waals surface area contributed by atoms with Crippen LogP contribution in [0.2, 0.25) is 0 Å². The maximum atomic E-state index is 11.7. The fraction of sp³-hybridized carbons (Fsp3) is 0.231. The monoisotopic (exact) mass is 308 g/mol. The van der Waals surface area contributed by atoms with Gasteiger partial charge in [-0.1, -0.05) is 28.1 Å². The van der Waals surface area contributed by atoms with E-state index in [0.717, 1.165) is 15.7 Å². The van der Waals surface area contributed by atoms with Gasteiger partial charge in [-0.25, -0.2) is 4.79 Å². The summed E-state index contributed by atoms with van der Waals surface area (Å²) in [4.78, 5) is 11.7. The average molecular weight is 309 g/mol. The Kier molecular flexibility index (Phi) is 3.81. The van der Waals surface area contributed by atoms with Crippen molar-refractivity contribution >= 4 is 21.9 Å². The van der Waals surface area contributed by atoms with Crippen LogP contribution in [0, 0.1) is 6.92 Å². The van der Waals surface area contributed by atoms with Gasteiger partial charge in [0, 0.05) is 16.6 Å². The Morgan fingerprint density at radius 1 is 1.39 bits per heavy atom. The SMILES string of the molecule is COC(=O)c1c(Cc2ccc(Br)cc2)n[nH]c1C. The highest BCUT2D eigenvalue weighted by molar-refractivity contribution is 9.10. The van der Waals surface area contributed by atoms with E-state index < -0.39 is 0 Å². The van der Waals surface area contributed by atoms with Crippen molar-refractivity contribution in [3.8, 4) is 0 Å². The van der Waals surface area contributed by atoms with Crippen molar-refractivity contribution in [2.45, 2.75) is 13.3 Å². The van der Waals surface area contributed by atoms with E-state index in [-0.39, 0.29) is 5.97 Å².